The summed E-state index contributed by atoms with van der Waals surface area (Å²) in [6.07, 6.45) is -0.608. The second-order valence-corrected chi connectivity index (χ2v) is 11.9. The number of carbonyl (C=O) groups excluding carboxylic acids is 3. The Hall–Kier alpha value is -4.32. The number of β-lactam (4-membered cyclic amide) rings is 1. The van der Waals surface area contributed by atoms with Crippen molar-refractivity contribution in [3.8, 4) is 0 Å². The quantitative estimate of drug-likeness (QED) is 0.111. The molecule has 9 nitrogen and oxygen atoms in total. The number of esters is 1. The number of thioether (sulfide) groups is 2. The summed E-state index contributed by atoms with van der Waals surface area (Å²) in [6, 6.07) is 27.1. The van der Waals surface area contributed by atoms with Gasteiger partial charge in [-0.05, 0) is 22.1 Å². The van der Waals surface area contributed by atoms with Gasteiger partial charge in [-0.2, -0.15) is 0 Å². The fraction of sp³-hybridized carbons (Fsp3) is 0.188. The van der Waals surface area contributed by atoms with Crippen molar-refractivity contribution in [2.75, 3.05) is 12.4 Å². The Kier molecular flexibility index (Phi) is 9.65. The summed E-state index contributed by atoms with van der Waals surface area (Å²) in [5.41, 5.74) is 8.19. The second kappa shape index (κ2) is 13.8. The van der Waals surface area contributed by atoms with E-state index in [2.05, 4.69) is 5.32 Å². The lowest BCUT2D eigenvalue weighted by Gasteiger charge is -2.49. The Morgan fingerprint density at radius 3 is 2.19 bits per heavy atom. The van der Waals surface area contributed by atoms with Gasteiger partial charge in [-0.3, -0.25) is 19.9 Å². The second-order valence-electron chi connectivity index (χ2n) is 9.83. The predicted molar refractivity (Wildman–Crippen MR) is 168 cm³/mol. The highest BCUT2D eigenvalue weighted by molar-refractivity contribution is 8.08. The van der Waals surface area contributed by atoms with Gasteiger partial charge in [-0.15, -0.1) is 11.8 Å². The molecule has 11 heteroatoms. The molecule has 0 bridgehead atoms. The Labute approximate surface area is 257 Å². The van der Waals surface area contributed by atoms with Crippen LogP contribution in [-0.4, -0.2) is 57.4 Å². The number of hydrogen-bond acceptors (Lipinski definition) is 8. The van der Waals surface area contributed by atoms with E-state index in [9.17, 15) is 19.5 Å². The number of nitrogens with one attached hydrogen (secondary N) is 2. The number of carbonyl (C=O) groups is 3. The topological polar surface area (TPSA) is 146 Å². The zero-order chi connectivity index (χ0) is 30.3. The Bertz CT molecular complexity index is 1520. The van der Waals surface area contributed by atoms with Crippen molar-refractivity contribution in [1.29, 1.82) is 5.41 Å². The molecule has 43 heavy (non-hydrogen) atoms. The van der Waals surface area contributed by atoms with Gasteiger partial charge in [0.2, 0.25) is 5.91 Å². The summed E-state index contributed by atoms with van der Waals surface area (Å²) in [4.78, 5) is 42.2. The van der Waals surface area contributed by atoms with Crippen LogP contribution in [0.2, 0.25) is 0 Å². The van der Waals surface area contributed by atoms with E-state index in [1.165, 1.54) is 22.1 Å². The van der Waals surface area contributed by atoms with Crippen LogP contribution in [0.15, 0.2) is 113 Å². The summed E-state index contributed by atoms with van der Waals surface area (Å²) in [5, 5.41) is 21.1. The SMILES string of the molecule is N=C(N)/C(=C\SC1=C(C(=O)OC(c2ccccc2)c2ccccc2)N2C(=O)C(NC(=O)Cc3ccccc3)[C@H]2SC1)CO. The molecule has 0 aliphatic carbocycles. The molecule has 5 rings (SSSR count). The number of nitrogens with zero attached hydrogens (tertiary/aromatic N) is 1. The van der Waals surface area contributed by atoms with E-state index in [1.807, 2.05) is 91.0 Å². The molecule has 2 amide bonds. The molecule has 0 saturated carbocycles. The molecule has 2 aliphatic heterocycles. The summed E-state index contributed by atoms with van der Waals surface area (Å²) >= 11 is 2.51. The minimum Gasteiger partial charge on any atom is -0.448 e. The highest BCUT2D eigenvalue weighted by Crippen LogP contribution is 2.45. The number of fused-ring (bicyclic) bond motifs is 1. The van der Waals surface area contributed by atoms with Crippen molar-refractivity contribution in [3.63, 3.8) is 0 Å². The third-order valence-electron chi connectivity index (χ3n) is 6.94. The van der Waals surface area contributed by atoms with Crippen LogP contribution in [0.4, 0.5) is 0 Å². The molecule has 5 N–H and O–H groups in total. The summed E-state index contributed by atoms with van der Waals surface area (Å²) in [7, 11) is 0. The normalized spacial score (nSPS) is 18.1. The number of aliphatic hydroxyl groups is 1. The molecule has 0 spiro atoms. The van der Waals surface area contributed by atoms with Gasteiger partial charge in [0, 0.05) is 16.2 Å². The van der Waals surface area contributed by atoms with Crippen LogP contribution in [0, 0.1) is 5.41 Å². The van der Waals surface area contributed by atoms with E-state index in [1.54, 1.807) is 0 Å². The van der Waals surface area contributed by atoms with Gasteiger partial charge in [0.1, 0.15) is 22.9 Å². The predicted octanol–water partition coefficient (Wildman–Crippen LogP) is 3.72. The lowest BCUT2D eigenvalue weighted by atomic mass is 10.0. The fourth-order valence-corrected chi connectivity index (χ4v) is 7.20. The molecule has 3 aromatic carbocycles. The van der Waals surface area contributed by atoms with Crippen LogP contribution in [0.3, 0.4) is 0 Å². The number of benzene rings is 3. The number of amides is 2. The van der Waals surface area contributed by atoms with Gasteiger partial charge in [0.05, 0.1) is 13.0 Å². The smallest absolute Gasteiger partial charge is 0.356 e. The maximum Gasteiger partial charge on any atom is 0.356 e. The molecule has 1 saturated heterocycles. The Morgan fingerprint density at radius 1 is 1.05 bits per heavy atom. The van der Waals surface area contributed by atoms with Gasteiger partial charge in [-0.1, -0.05) is 103 Å². The molecular formula is C32H30N4O5S2. The molecule has 2 heterocycles. The van der Waals surface area contributed by atoms with Crippen LogP contribution in [0.25, 0.3) is 0 Å². The minimum atomic E-state index is -0.796. The van der Waals surface area contributed by atoms with E-state index in [-0.39, 0.29) is 29.4 Å². The number of ether oxygens (including phenoxy) is 1. The first-order valence-electron chi connectivity index (χ1n) is 13.5. The summed E-state index contributed by atoms with van der Waals surface area (Å²) in [5.74, 6) is -1.37. The number of aliphatic hydroxyl groups excluding tert-OH is 1. The van der Waals surface area contributed by atoms with Crippen molar-refractivity contribution in [3.05, 3.63) is 129 Å². The number of nitrogens with two attached hydrogens (primary N) is 1. The maximum absolute atomic E-state index is 14.0. The molecule has 220 valence electrons. The van der Waals surface area contributed by atoms with Gasteiger partial charge in [0.25, 0.3) is 5.91 Å². The van der Waals surface area contributed by atoms with Crippen molar-refractivity contribution < 1.29 is 24.2 Å². The molecule has 2 aliphatic rings. The average Bonchev–Trinajstić information content (AvgIpc) is 3.03. The summed E-state index contributed by atoms with van der Waals surface area (Å²) < 4.78 is 6.13. The van der Waals surface area contributed by atoms with Gasteiger partial charge in [0.15, 0.2) is 6.10 Å². The molecular weight excluding hydrogens is 585 g/mol. The highest BCUT2D eigenvalue weighted by atomic mass is 32.2. The first kappa shape index (κ1) is 30.1. The van der Waals surface area contributed by atoms with E-state index in [0.29, 0.717) is 10.7 Å². The van der Waals surface area contributed by atoms with Gasteiger partial charge < -0.3 is 20.9 Å². The lowest BCUT2D eigenvalue weighted by molar-refractivity contribution is -0.154. The molecule has 3 aromatic rings. The van der Waals surface area contributed by atoms with Crippen molar-refractivity contribution in [1.82, 2.24) is 10.2 Å². The van der Waals surface area contributed by atoms with Crippen LogP contribution in [0.5, 0.6) is 0 Å². The summed E-state index contributed by atoms with van der Waals surface area (Å²) in [6.45, 7) is -0.451. The average molecular weight is 615 g/mol. The van der Waals surface area contributed by atoms with Crippen LogP contribution in [-0.2, 0) is 25.5 Å². The monoisotopic (exact) mass is 614 g/mol. The fourth-order valence-electron chi connectivity index (χ4n) is 4.75. The third kappa shape index (κ3) is 6.85. The third-order valence-corrected chi connectivity index (χ3v) is 9.43. The zero-order valence-corrected chi connectivity index (χ0v) is 24.6. The van der Waals surface area contributed by atoms with Gasteiger partial charge in [-0.25, -0.2) is 4.79 Å². The van der Waals surface area contributed by atoms with Crippen LogP contribution < -0.4 is 11.1 Å². The van der Waals surface area contributed by atoms with Crippen molar-refractivity contribution in [2.24, 2.45) is 5.73 Å². The lowest BCUT2D eigenvalue weighted by Crippen LogP contribution is -2.70. The van der Waals surface area contributed by atoms with E-state index in [4.69, 9.17) is 15.9 Å². The number of hydrogen-bond donors (Lipinski definition) is 4. The highest BCUT2D eigenvalue weighted by Gasteiger charge is 2.54. The largest absolute Gasteiger partial charge is 0.448 e. The standard InChI is InChI=1S/C32H30N4O5S2/c33-29(34)23(17-37)18-42-24-19-43-31-26(35-25(38)16-20-10-4-1-5-11-20)30(39)36(31)27(24)32(40)41-28(21-12-6-2-7-13-21)22-14-8-3-9-15-22/h1-15,18,26,28,31,37H,16-17,19H2,(H3,33,34)(H,35,38)/b23-18-/t26?,31-/m1/s1. The Morgan fingerprint density at radius 2 is 1.63 bits per heavy atom. The van der Waals surface area contributed by atoms with Crippen LogP contribution in [0.1, 0.15) is 22.8 Å². The van der Waals surface area contributed by atoms with E-state index < -0.39 is 36.0 Å². The Balaban J connectivity index is 1.43. The molecule has 2 atom stereocenters. The first-order chi connectivity index (χ1) is 20.9. The molecule has 1 fully saturated rings. The van der Waals surface area contributed by atoms with Crippen LogP contribution >= 0.6 is 23.5 Å². The van der Waals surface area contributed by atoms with E-state index in [0.717, 1.165) is 28.5 Å². The molecule has 0 radical (unpaired) electrons. The van der Waals surface area contributed by atoms with Crippen molar-refractivity contribution >= 4 is 47.1 Å². The first-order valence-corrected chi connectivity index (χ1v) is 15.4. The molecule has 0 aromatic heterocycles. The zero-order valence-electron chi connectivity index (χ0n) is 23.0. The minimum absolute atomic E-state index is 0.0706. The number of rotatable bonds is 11. The number of amidine groups is 1. The van der Waals surface area contributed by atoms with E-state index >= 15 is 0 Å². The molecule has 1 unspecified atom stereocenters. The van der Waals surface area contributed by atoms with Gasteiger partial charge >= 0.3 is 5.97 Å². The maximum atomic E-state index is 14.0. The van der Waals surface area contributed by atoms with Crippen molar-refractivity contribution in [2.45, 2.75) is 23.9 Å².